The number of Topliss-reactive ketones (excluding diaryl/α,β-unsaturated/α-hetero) is 1. The number of hydrogen-bond acceptors (Lipinski definition) is 3. The molecule has 0 aromatic heterocycles. The van der Waals surface area contributed by atoms with E-state index < -0.39 is 0 Å². The van der Waals surface area contributed by atoms with Crippen molar-refractivity contribution in [2.24, 2.45) is 0 Å². The van der Waals surface area contributed by atoms with Gasteiger partial charge in [-0.25, -0.2) is 0 Å². The van der Waals surface area contributed by atoms with Crippen molar-refractivity contribution in [1.82, 2.24) is 0 Å². The average Bonchev–Trinajstić information content (AvgIpc) is 1.99. The van der Waals surface area contributed by atoms with E-state index >= 15 is 0 Å². The first-order chi connectivity index (χ1) is 5.52. The lowest BCUT2D eigenvalue weighted by Gasteiger charge is -2.03. The molecular weight excluding hydrogens is 156 g/mol. The summed E-state index contributed by atoms with van der Waals surface area (Å²) in [5.41, 5.74) is 0.704. The van der Waals surface area contributed by atoms with Gasteiger partial charge in [-0.15, -0.1) is 0 Å². The van der Waals surface area contributed by atoms with E-state index in [2.05, 4.69) is 0 Å². The molecule has 0 saturated heterocycles. The van der Waals surface area contributed by atoms with Gasteiger partial charge in [0.15, 0.2) is 5.78 Å². The van der Waals surface area contributed by atoms with Gasteiger partial charge in [-0.2, -0.15) is 0 Å². The van der Waals surface area contributed by atoms with Gasteiger partial charge in [-0.1, -0.05) is 0 Å². The summed E-state index contributed by atoms with van der Waals surface area (Å²) in [5.74, 6) is -0.291. The van der Waals surface area contributed by atoms with Crippen molar-refractivity contribution >= 4 is 5.78 Å². The summed E-state index contributed by atoms with van der Waals surface area (Å²) in [6.07, 6.45) is 0. The van der Waals surface area contributed by atoms with Crippen molar-refractivity contribution in [3.05, 3.63) is 23.3 Å². The maximum Gasteiger partial charge on any atom is 0.160 e. The van der Waals surface area contributed by atoms with E-state index in [9.17, 15) is 15.0 Å². The summed E-state index contributed by atoms with van der Waals surface area (Å²) >= 11 is 0. The third-order valence-electron chi connectivity index (χ3n) is 1.76. The topological polar surface area (TPSA) is 57.5 Å². The summed E-state index contributed by atoms with van der Waals surface area (Å²) < 4.78 is 0. The Morgan fingerprint density at radius 1 is 1.25 bits per heavy atom. The molecule has 0 heterocycles. The van der Waals surface area contributed by atoms with Gasteiger partial charge >= 0.3 is 0 Å². The second-order valence-electron chi connectivity index (χ2n) is 2.70. The van der Waals surface area contributed by atoms with Crippen LogP contribution in [0.3, 0.4) is 0 Å². The molecule has 0 aliphatic rings. The fraction of sp³-hybridized carbons (Fsp3) is 0.222. The zero-order valence-corrected chi connectivity index (χ0v) is 6.96. The third kappa shape index (κ3) is 1.39. The van der Waals surface area contributed by atoms with Crippen LogP contribution in [0.4, 0.5) is 0 Å². The minimum atomic E-state index is -0.180. The fourth-order valence-corrected chi connectivity index (χ4v) is 0.887. The van der Waals surface area contributed by atoms with Crippen LogP contribution in [0.1, 0.15) is 22.8 Å². The molecule has 0 unspecified atom stereocenters. The van der Waals surface area contributed by atoms with Gasteiger partial charge in [-0.3, -0.25) is 4.79 Å². The summed E-state index contributed by atoms with van der Waals surface area (Å²) in [6, 6.07) is 2.69. The Balaban J connectivity index is 3.31. The van der Waals surface area contributed by atoms with Gasteiger partial charge in [0.25, 0.3) is 0 Å². The molecule has 0 amide bonds. The average molecular weight is 166 g/mol. The summed E-state index contributed by atoms with van der Waals surface area (Å²) in [4.78, 5) is 10.8. The molecule has 3 heteroatoms. The smallest absolute Gasteiger partial charge is 0.160 e. The largest absolute Gasteiger partial charge is 0.508 e. The number of phenols is 2. The van der Waals surface area contributed by atoms with Crippen LogP contribution in [0.5, 0.6) is 11.5 Å². The molecule has 64 valence electrons. The number of phenolic OH excluding ortho intramolecular Hbond substituents is 2. The first-order valence-electron chi connectivity index (χ1n) is 3.56. The lowest BCUT2D eigenvalue weighted by atomic mass is 10.1. The molecule has 0 saturated carbocycles. The molecule has 0 atom stereocenters. The number of carbonyl (C=O) groups is 1. The van der Waals surface area contributed by atoms with Crippen LogP contribution in [0.15, 0.2) is 12.1 Å². The SMILES string of the molecule is CC(=O)c1cc(O)c(C)c(O)c1. The maximum atomic E-state index is 10.8. The Morgan fingerprint density at radius 2 is 1.67 bits per heavy atom. The predicted octanol–water partition coefficient (Wildman–Crippen LogP) is 1.61. The Hall–Kier alpha value is -1.51. The van der Waals surface area contributed by atoms with Gasteiger partial charge < -0.3 is 10.2 Å². The summed E-state index contributed by atoms with van der Waals surface area (Å²) in [7, 11) is 0. The zero-order chi connectivity index (χ0) is 9.30. The van der Waals surface area contributed by atoms with Crippen molar-refractivity contribution in [2.45, 2.75) is 13.8 Å². The Bertz CT molecular complexity index is 306. The Labute approximate surface area is 70.3 Å². The van der Waals surface area contributed by atoms with E-state index in [1.54, 1.807) is 6.92 Å². The molecule has 1 aromatic carbocycles. The lowest BCUT2D eigenvalue weighted by molar-refractivity contribution is 0.101. The molecule has 0 spiro atoms. The Kier molecular flexibility index (Phi) is 2.04. The number of aromatic hydroxyl groups is 2. The van der Waals surface area contributed by atoms with Gasteiger partial charge in [0.1, 0.15) is 11.5 Å². The molecule has 0 fully saturated rings. The van der Waals surface area contributed by atoms with Gasteiger partial charge in [0, 0.05) is 11.1 Å². The molecule has 1 rings (SSSR count). The van der Waals surface area contributed by atoms with Crippen LogP contribution >= 0.6 is 0 Å². The van der Waals surface area contributed by atoms with E-state index in [0.29, 0.717) is 11.1 Å². The van der Waals surface area contributed by atoms with Crippen LogP contribution in [-0.2, 0) is 0 Å². The van der Waals surface area contributed by atoms with E-state index in [0.717, 1.165) is 0 Å². The lowest BCUT2D eigenvalue weighted by Crippen LogP contribution is -1.92. The summed E-state index contributed by atoms with van der Waals surface area (Å²) in [5, 5.41) is 18.4. The monoisotopic (exact) mass is 166 g/mol. The molecule has 0 aliphatic carbocycles. The molecule has 0 radical (unpaired) electrons. The number of ketones is 1. The van der Waals surface area contributed by atoms with Crippen LogP contribution in [0, 0.1) is 6.92 Å². The van der Waals surface area contributed by atoms with E-state index in [4.69, 9.17) is 0 Å². The standard InChI is InChI=1S/C9H10O3/c1-5-8(11)3-7(6(2)10)4-9(5)12/h3-4,11-12H,1-2H3. The van der Waals surface area contributed by atoms with Crippen LogP contribution in [-0.4, -0.2) is 16.0 Å². The van der Waals surface area contributed by atoms with E-state index in [1.807, 2.05) is 0 Å². The van der Waals surface area contributed by atoms with Gasteiger partial charge in [0.05, 0.1) is 0 Å². The number of hydrogen-bond donors (Lipinski definition) is 2. The summed E-state index contributed by atoms with van der Waals surface area (Å²) in [6.45, 7) is 2.96. The third-order valence-corrected chi connectivity index (χ3v) is 1.76. The van der Waals surface area contributed by atoms with E-state index in [-0.39, 0.29) is 17.3 Å². The Morgan fingerprint density at radius 3 is 2.00 bits per heavy atom. The fourth-order valence-electron chi connectivity index (χ4n) is 0.887. The second kappa shape index (κ2) is 2.85. The quantitative estimate of drug-likeness (QED) is 0.623. The molecule has 2 N–H and O–H groups in total. The zero-order valence-electron chi connectivity index (χ0n) is 6.96. The van der Waals surface area contributed by atoms with Crippen molar-refractivity contribution in [3.63, 3.8) is 0 Å². The molecular formula is C9H10O3. The molecule has 1 aromatic rings. The minimum Gasteiger partial charge on any atom is -0.508 e. The first-order valence-corrected chi connectivity index (χ1v) is 3.56. The van der Waals surface area contributed by atoms with Crippen molar-refractivity contribution in [2.75, 3.05) is 0 Å². The number of benzene rings is 1. The van der Waals surface area contributed by atoms with E-state index in [1.165, 1.54) is 19.1 Å². The molecule has 3 nitrogen and oxygen atoms in total. The predicted molar refractivity (Wildman–Crippen MR) is 44.5 cm³/mol. The number of rotatable bonds is 1. The maximum absolute atomic E-state index is 10.8. The first kappa shape index (κ1) is 8.59. The highest BCUT2D eigenvalue weighted by atomic mass is 16.3. The van der Waals surface area contributed by atoms with Crippen molar-refractivity contribution in [3.8, 4) is 11.5 Å². The number of carbonyl (C=O) groups excluding carboxylic acids is 1. The van der Waals surface area contributed by atoms with Crippen LogP contribution in [0.2, 0.25) is 0 Å². The van der Waals surface area contributed by atoms with Gasteiger partial charge in [-0.05, 0) is 26.0 Å². The van der Waals surface area contributed by atoms with Crippen LogP contribution in [0.25, 0.3) is 0 Å². The van der Waals surface area contributed by atoms with Crippen molar-refractivity contribution in [1.29, 1.82) is 0 Å². The highest BCUT2D eigenvalue weighted by molar-refractivity contribution is 5.95. The second-order valence-corrected chi connectivity index (χ2v) is 2.70. The normalized spacial score (nSPS) is 9.83. The molecule has 12 heavy (non-hydrogen) atoms. The van der Waals surface area contributed by atoms with Crippen LogP contribution < -0.4 is 0 Å². The van der Waals surface area contributed by atoms with Crippen molar-refractivity contribution < 1.29 is 15.0 Å². The highest BCUT2D eigenvalue weighted by Gasteiger charge is 2.07. The molecule has 0 bridgehead atoms. The minimum absolute atomic E-state index is 0.0554. The molecule has 0 aliphatic heterocycles. The highest BCUT2D eigenvalue weighted by Crippen LogP contribution is 2.27. The van der Waals surface area contributed by atoms with Gasteiger partial charge in [0.2, 0.25) is 0 Å².